The summed E-state index contributed by atoms with van der Waals surface area (Å²) < 4.78 is 32.5. The SMILES string of the molecule is Nc1ccc(S(=O)(=O)O)c(N2C=C(Br)C(Br)C(=O)N2)c1. The van der Waals surface area contributed by atoms with Crippen LogP contribution in [0.5, 0.6) is 0 Å². The van der Waals surface area contributed by atoms with Crippen molar-refractivity contribution in [3.8, 4) is 0 Å². The highest BCUT2D eigenvalue weighted by Gasteiger charge is 2.28. The second kappa shape index (κ2) is 5.35. The van der Waals surface area contributed by atoms with Crippen molar-refractivity contribution >= 4 is 59.3 Å². The number of hydrogen-bond donors (Lipinski definition) is 3. The molecule has 20 heavy (non-hydrogen) atoms. The standard InChI is InChI=1S/C10H9Br2N3O4S/c11-6-4-15(14-10(16)9(6)12)7-3-5(13)1-2-8(7)20(17,18)19/h1-4,9H,13H2,(H,14,16)(H,17,18,19). The number of amides is 1. The first-order chi connectivity index (χ1) is 9.20. The average molecular weight is 427 g/mol. The summed E-state index contributed by atoms with van der Waals surface area (Å²) in [5, 5.41) is 1.17. The highest BCUT2D eigenvalue weighted by atomic mass is 79.9. The predicted molar refractivity (Wildman–Crippen MR) is 81.0 cm³/mol. The average Bonchev–Trinajstić information content (AvgIpc) is 2.33. The van der Waals surface area contributed by atoms with Gasteiger partial charge in [0.25, 0.3) is 16.0 Å². The Bertz CT molecular complexity index is 704. The fourth-order valence-corrected chi connectivity index (χ4v) is 2.89. The zero-order chi connectivity index (χ0) is 15.1. The second-order valence-corrected chi connectivity index (χ2v) is 7.15. The largest absolute Gasteiger partial charge is 0.399 e. The molecule has 0 saturated heterocycles. The number of nitrogens with zero attached hydrogens (tertiary/aromatic N) is 1. The molecule has 7 nitrogen and oxygen atoms in total. The fourth-order valence-electron chi connectivity index (χ4n) is 1.59. The van der Waals surface area contributed by atoms with Crippen molar-refractivity contribution in [2.75, 3.05) is 10.7 Å². The van der Waals surface area contributed by atoms with Gasteiger partial charge in [-0.25, -0.2) is 0 Å². The van der Waals surface area contributed by atoms with Crippen LogP contribution >= 0.6 is 31.9 Å². The zero-order valence-corrected chi connectivity index (χ0v) is 13.7. The second-order valence-electron chi connectivity index (χ2n) is 3.92. The quantitative estimate of drug-likeness (QED) is 0.374. The Morgan fingerprint density at radius 2 is 2.05 bits per heavy atom. The highest BCUT2D eigenvalue weighted by molar-refractivity contribution is 9.14. The smallest absolute Gasteiger partial charge is 0.296 e. The van der Waals surface area contributed by atoms with Crippen LogP contribution in [0, 0.1) is 0 Å². The van der Waals surface area contributed by atoms with Crippen LogP contribution in [0.2, 0.25) is 0 Å². The molecule has 1 atom stereocenters. The summed E-state index contributed by atoms with van der Waals surface area (Å²) in [6, 6.07) is 3.83. The van der Waals surface area contributed by atoms with E-state index in [1.165, 1.54) is 23.3 Å². The summed E-state index contributed by atoms with van der Waals surface area (Å²) in [4.78, 5) is 10.8. The molecule has 0 saturated carbocycles. The normalized spacial score (nSPS) is 19.6. The van der Waals surface area contributed by atoms with Gasteiger partial charge >= 0.3 is 0 Å². The van der Waals surface area contributed by atoms with Crippen molar-refractivity contribution in [3.63, 3.8) is 0 Å². The Kier molecular flexibility index (Phi) is 4.09. The van der Waals surface area contributed by atoms with Crippen LogP contribution in [0.4, 0.5) is 11.4 Å². The molecule has 1 heterocycles. The number of nitrogens with two attached hydrogens (primary N) is 1. The molecule has 0 radical (unpaired) electrons. The number of nitrogens with one attached hydrogen (secondary N) is 1. The van der Waals surface area contributed by atoms with E-state index in [2.05, 4.69) is 37.3 Å². The zero-order valence-electron chi connectivity index (χ0n) is 9.75. The Balaban J connectivity index is 2.59. The number of hydrogen-bond acceptors (Lipinski definition) is 5. The van der Waals surface area contributed by atoms with E-state index in [4.69, 9.17) is 5.73 Å². The highest BCUT2D eigenvalue weighted by Crippen LogP contribution is 2.31. The summed E-state index contributed by atoms with van der Waals surface area (Å²) in [5.74, 6) is -0.400. The Morgan fingerprint density at radius 1 is 1.40 bits per heavy atom. The molecule has 4 N–H and O–H groups in total. The molecule has 1 aliphatic rings. The lowest BCUT2D eigenvalue weighted by molar-refractivity contribution is -0.120. The van der Waals surface area contributed by atoms with Gasteiger partial charge in [0.15, 0.2) is 0 Å². The van der Waals surface area contributed by atoms with Crippen molar-refractivity contribution in [3.05, 3.63) is 28.9 Å². The van der Waals surface area contributed by atoms with Crippen LogP contribution in [0.25, 0.3) is 0 Å². The third-order valence-corrected chi connectivity index (χ3v) is 5.56. The monoisotopic (exact) mass is 425 g/mol. The van der Waals surface area contributed by atoms with Gasteiger partial charge in [0.05, 0.1) is 5.69 Å². The van der Waals surface area contributed by atoms with E-state index in [0.29, 0.717) is 4.48 Å². The van der Waals surface area contributed by atoms with Gasteiger partial charge in [0, 0.05) is 16.4 Å². The number of benzene rings is 1. The molecule has 1 unspecified atom stereocenters. The molecule has 0 bridgehead atoms. The summed E-state index contributed by atoms with van der Waals surface area (Å²) in [7, 11) is -4.45. The van der Waals surface area contributed by atoms with E-state index in [9.17, 15) is 17.8 Å². The van der Waals surface area contributed by atoms with Crippen molar-refractivity contribution in [1.82, 2.24) is 5.43 Å². The molecule has 10 heteroatoms. The van der Waals surface area contributed by atoms with Crippen molar-refractivity contribution in [2.45, 2.75) is 9.72 Å². The molecule has 1 amide bonds. The van der Waals surface area contributed by atoms with Crippen molar-refractivity contribution in [2.24, 2.45) is 0 Å². The molecule has 0 aliphatic carbocycles. The number of carbonyl (C=O) groups is 1. The summed E-state index contributed by atoms with van der Waals surface area (Å²) in [5.41, 5.74) is 8.40. The van der Waals surface area contributed by atoms with Crippen LogP contribution < -0.4 is 16.2 Å². The third kappa shape index (κ3) is 2.97. The molecular formula is C10H9Br2N3O4S. The van der Waals surface area contributed by atoms with Crippen LogP contribution in [0.3, 0.4) is 0 Å². The molecule has 1 aromatic carbocycles. The number of nitrogen functional groups attached to an aromatic ring is 1. The van der Waals surface area contributed by atoms with E-state index in [1.54, 1.807) is 0 Å². The van der Waals surface area contributed by atoms with E-state index in [0.717, 1.165) is 6.07 Å². The molecule has 0 spiro atoms. The Morgan fingerprint density at radius 3 is 2.60 bits per heavy atom. The van der Waals surface area contributed by atoms with E-state index >= 15 is 0 Å². The number of carbonyl (C=O) groups excluding carboxylic acids is 1. The number of halogens is 2. The van der Waals surface area contributed by atoms with E-state index < -0.39 is 20.9 Å². The van der Waals surface area contributed by atoms with Crippen molar-refractivity contribution in [1.29, 1.82) is 0 Å². The van der Waals surface area contributed by atoms with Crippen molar-refractivity contribution < 1.29 is 17.8 Å². The van der Waals surface area contributed by atoms with Crippen LogP contribution in [0.1, 0.15) is 0 Å². The first-order valence-electron chi connectivity index (χ1n) is 5.18. The van der Waals surface area contributed by atoms with Gasteiger partial charge in [-0.2, -0.15) is 8.42 Å². The topological polar surface area (TPSA) is 113 Å². The Labute approximate surface area is 131 Å². The van der Waals surface area contributed by atoms with Gasteiger partial charge in [-0.3, -0.25) is 19.8 Å². The maximum Gasteiger partial charge on any atom is 0.296 e. The fraction of sp³-hybridized carbons (Fsp3) is 0.100. The van der Waals surface area contributed by atoms with Gasteiger partial charge in [-0.05, 0) is 18.2 Å². The summed E-state index contributed by atoms with van der Waals surface area (Å²) in [6.07, 6.45) is 1.46. The van der Waals surface area contributed by atoms with Gasteiger partial charge in [-0.15, -0.1) is 0 Å². The minimum atomic E-state index is -4.45. The first kappa shape index (κ1) is 15.3. The lowest BCUT2D eigenvalue weighted by atomic mass is 10.2. The molecule has 2 rings (SSSR count). The van der Waals surface area contributed by atoms with Crippen LogP contribution in [-0.2, 0) is 14.9 Å². The maximum absolute atomic E-state index is 11.7. The molecule has 0 fully saturated rings. The number of alkyl halides is 1. The minimum Gasteiger partial charge on any atom is -0.399 e. The number of hydrazine groups is 1. The summed E-state index contributed by atoms with van der Waals surface area (Å²) >= 11 is 6.34. The molecular weight excluding hydrogens is 418 g/mol. The number of anilines is 2. The van der Waals surface area contributed by atoms with Gasteiger partial charge < -0.3 is 5.73 Å². The molecule has 1 aliphatic heterocycles. The first-order valence-corrected chi connectivity index (χ1v) is 8.33. The molecule has 0 aromatic heterocycles. The van der Waals surface area contributed by atoms with Gasteiger partial charge in [0.1, 0.15) is 9.72 Å². The lowest BCUT2D eigenvalue weighted by Gasteiger charge is -2.29. The van der Waals surface area contributed by atoms with Gasteiger partial charge in [-0.1, -0.05) is 31.9 Å². The van der Waals surface area contributed by atoms with Crippen LogP contribution in [-0.4, -0.2) is 23.7 Å². The number of rotatable bonds is 2. The molecule has 108 valence electrons. The van der Waals surface area contributed by atoms with Gasteiger partial charge in [0.2, 0.25) is 0 Å². The molecule has 1 aromatic rings. The minimum absolute atomic E-state index is 0.0391. The lowest BCUT2D eigenvalue weighted by Crippen LogP contribution is -2.47. The predicted octanol–water partition coefficient (Wildman–Crippen LogP) is 1.37. The maximum atomic E-state index is 11.7. The Hall–Kier alpha value is -1.10. The van der Waals surface area contributed by atoms with E-state index in [-0.39, 0.29) is 16.3 Å². The summed E-state index contributed by atoms with van der Waals surface area (Å²) in [6.45, 7) is 0. The third-order valence-electron chi connectivity index (χ3n) is 2.48. The van der Waals surface area contributed by atoms with Crippen LogP contribution in [0.15, 0.2) is 33.8 Å². The van der Waals surface area contributed by atoms with E-state index in [1.807, 2.05) is 0 Å².